The van der Waals surface area contributed by atoms with E-state index >= 15 is 0 Å². The number of rotatable bonds is 8. The summed E-state index contributed by atoms with van der Waals surface area (Å²) in [6, 6.07) is 0. The van der Waals surface area contributed by atoms with E-state index in [1.165, 1.54) is 0 Å². The second-order valence-corrected chi connectivity index (χ2v) is 5.57. The Kier molecular flexibility index (Phi) is 14.8. The van der Waals surface area contributed by atoms with Gasteiger partial charge >= 0.3 is 0 Å². The van der Waals surface area contributed by atoms with Gasteiger partial charge in [-0.25, -0.2) is 0 Å². The van der Waals surface area contributed by atoms with Crippen LogP contribution in [0.5, 0.6) is 0 Å². The van der Waals surface area contributed by atoms with E-state index in [4.69, 9.17) is 9.05 Å². The second kappa shape index (κ2) is 11.4. The Morgan fingerprint density at radius 3 is 1.71 bits per heavy atom. The molecule has 0 aromatic carbocycles. The first-order chi connectivity index (χ1) is 6.12. The molecule has 0 aromatic rings. The van der Waals surface area contributed by atoms with Crippen molar-refractivity contribution >= 4 is 18.5 Å². The smallest absolute Gasteiger partial charge is 0.115 e. The molecule has 0 aliphatic rings. The monoisotopic (exact) mass is 367 g/mol. The fourth-order valence-corrected chi connectivity index (χ4v) is 1.91. The van der Waals surface area contributed by atoms with Crippen LogP contribution in [-0.4, -0.2) is 13.2 Å². The minimum atomic E-state index is -3.17. The predicted octanol–water partition coefficient (Wildman–Crippen LogP) is 2.20. The van der Waals surface area contributed by atoms with Gasteiger partial charge in [-0.1, -0.05) is 38.5 Å². The third kappa shape index (κ3) is 12.0. The maximum atomic E-state index is 11.3. The summed E-state index contributed by atoms with van der Waals surface area (Å²) < 4.78 is 9.93. The summed E-state index contributed by atoms with van der Waals surface area (Å²) in [6.07, 6.45) is 3.75. The molecule has 0 radical (unpaired) electrons. The van der Waals surface area contributed by atoms with Crippen LogP contribution in [0.4, 0.5) is 0 Å². The Hall–Kier alpha value is 1.88. The molecule has 0 N–H and O–H groups in total. The molecule has 0 bridgehead atoms. The minimum Gasteiger partial charge on any atom is -0.780 e. The fraction of sp³-hybridized carbons (Fsp3) is 1.00. The van der Waals surface area contributed by atoms with Crippen molar-refractivity contribution in [1.82, 2.24) is 0 Å². The van der Waals surface area contributed by atoms with Gasteiger partial charge in [-0.05, 0) is 12.8 Å². The Bertz CT molecular complexity index is 155. The van der Waals surface area contributed by atoms with Crippen molar-refractivity contribution in [2.75, 3.05) is 13.2 Å². The van der Waals surface area contributed by atoms with E-state index in [1.807, 2.05) is 13.8 Å². The van der Waals surface area contributed by atoms with Gasteiger partial charge in [0.15, 0.2) is 0 Å². The Morgan fingerprint density at radius 1 is 1.07 bits per heavy atom. The number of hydrogen-bond donors (Lipinski definition) is 0. The first-order valence-electron chi connectivity index (χ1n) is 4.72. The van der Waals surface area contributed by atoms with Gasteiger partial charge < -0.3 is 13.9 Å². The zero-order valence-corrected chi connectivity index (χ0v) is 13.7. The van der Waals surface area contributed by atoms with Crippen molar-refractivity contribution in [3.63, 3.8) is 0 Å². The fourth-order valence-electron chi connectivity index (χ4n) is 0.679. The molecule has 0 spiro atoms. The molecule has 0 unspecified atom stereocenters. The van der Waals surface area contributed by atoms with Gasteiger partial charge in [0, 0.05) is 40.8 Å². The van der Waals surface area contributed by atoms with Crippen molar-refractivity contribution in [2.45, 2.75) is 39.5 Å². The van der Waals surface area contributed by atoms with Gasteiger partial charge in [0.25, 0.3) is 0 Å². The average Bonchev–Trinajstić information content (AvgIpc) is 2.05. The summed E-state index contributed by atoms with van der Waals surface area (Å²) in [4.78, 5) is 11.3. The Balaban J connectivity index is 0. The van der Waals surface area contributed by atoms with E-state index in [9.17, 15) is 4.89 Å². The van der Waals surface area contributed by atoms with Crippen LogP contribution in [0.2, 0.25) is 0 Å². The van der Waals surface area contributed by atoms with E-state index in [-0.39, 0.29) is 40.8 Å². The summed E-state index contributed by atoms with van der Waals surface area (Å²) in [5, 5.41) is 0. The maximum absolute atomic E-state index is 11.3. The molecule has 84 valence electrons. The molecule has 0 aromatic heterocycles. The molecule has 0 heterocycles. The quantitative estimate of drug-likeness (QED) is 0.486. The Morgan fingerprint density at radius 2 is 1.43 bits per heavy atom. The van der Waals surface area contributed by atoms with Gasteiger partial charge in [-0.15, -0.1) is 0 Å². The van der Waals surface area contributed by atoms with Crippen molar-refractivity contribution in [2.24, 2.45) is 0 Å². The van der Waals surface area contributed by atoms with Crippen LogP contribution in [0.3, 0.4) is 0 Å². The second-order valence-electron chi connectivity index (χ2n) is 2.82. The molecule has 6 heteroatoms. The molecule has 0 atom stereocenters. The summed E-state index contributed by atoms with van der Waals surface area (Å²) >= 11 is 4.68. The van der Waals surface area contributed by atoms with E-state index in [0.29, 0.717) is 13.2 Å². The normalized spacial score (nSPS) is 11.1. The molecule has 14 heavy (non-hydrogen) atoms. The van der Waals surface area contributed by atoms with Crippen LogP contribution in [0.1, 0.15) is 39.5 Å². The molecule has 0 amide bonds. The zero-order valence-electron chi connectivity index (χ0n) is 8.82. The minimum absolute atomic E-state index is 0. The van der Waals surface area contributed by atoms with Crippen LogP contribution in [0.25, 0.3) is 0 Å². The van der Waals surface area contributed by atoms with E-state index in [1.54, 1.807) is 0 Å². The zero-order chi connectivity index (χ0) is 10.2. The maximum Gasteiger partial charge on any atom is 0.115 e. The van der Waals surface area contributed by atoms with Crippen LogP contribution >= 0.6 is 6.72 Å². The summed E-state index contributed by atoms with van der Waals surface area (Å²) in [6.45, 7) is 1.77. The van der Waals surface area contributed by atoms with Crippen molar-refractivity contribution in [3.05, 3.63) is 0 Å². The summed E-state index contributed by atoms with van der Waals surface area (Å²) in [5.74, 6) is 0. The third-order valence-electron chi connectivity index (χ3n) is 1.49. The van der Waals surface area contributed by atoms with Crippen LogP contribution in [-0.2, 0) is 20.9 Å². The Labute approximate surface area is 125 Å². The molecular formula is C8H18NdO3PS-. The molecule has 0 saturated heterocycles. The largest absolute Gasteiger partial charge is 0.780 e. The summed E-state index contributed by atoms with van der Waals surface area (Å²) in [7, 11) is 0. The van der Waals surface area contributed by atoms with E-state index in [2.05, 4.69) is 11.8 Å². The van der Waals surface area contributed by atoms with Gasteiger partial charge in [0.1, 0.15) is 6.72 Å². The molecule has 0 aliphatic carbocycles. The summed E-state index contributed by atoms with van der Waals surface area (Å²) in [5.41, 5.74) is 0. The van der Waals surface area contributed by atoms with Gasteiger partial charge in [-0.2, -0.15) is 0 Å². The van der Waals surface area contributed by atoms with Crippen LogP contribution in [0, 0.1) is 40.8 Å². The van der Waals surface area contributed by atoms with Gasteiger partial charge in [0.2, 0.25) is 0 Å². The van der Waals surface area contributed by atoms with Crippen molar-refractivity contribution in [3.8, 4) is 0 Å². The van der Waals surface area contributed by atoms with Crippen molar-refractivity contribution in [1.29, 1.82) is 0 Å². The molecule has 0 rings (SSSR count). The predicted molar refractivity (Wildman–Crippen MR) is 56.0 cm³/mol. The first kappa shape index (κ1) is 18.3. The molecule has 0 fully saturated rings. The average molecular weight is 370 g/mol. The molecule has 3 nitrogen and oxygen atoms in total. The van der Waals surface area contributed by atoms with Gasteiger partial charge in [0.05, 0.1) is 13.2 Å². The van der Waals surface area contributed by atoms with E-state index < -0.39 is 6.72 Å². The third-order valence-corrected chi connectivity index (χ3v) is 3.12. The molecular weight excluding hydrogens is 351 g/mol. The van der Waals surface area contributed by atoms with Crippen LogP contribution in [0.15, 0.2) is 0 Å². The molecule has 0 aliphatic heterocycles. The van der Waals surface area contributed by atoms with Crippen LogP contribution < -0.4 is 4.89 Å². The number of hydrogen-bond acceptors (Lipinski definition) is 4. The van der Waals surface area contributed by atoms with E-state index in [0.717, 1.165) is 25.7 Å². The SMILES string of the molecule is CCCCOP([O-])(=S)OCCCC.[Nd]. The van der Waals surface area contributed by atoms with Gasteiger partial charge in [-0.3, -0.25) is 0 Å². The number of unbranched alkanes of at least 4 members (excludes halogenated alkanes) is 2. The standard InChI is InChI=1S/C8H19O3PS.Nd/c1-3-5-7-10-12(9,13)11-8-6-4-2;/h3-8H2,1-2H3,(H,9,13);/p-1. The topological polar surface area (TPSA) is 41.5 Å². The first-order valence-corrected chi connectivity index (χ1v) is 7.28. The van der Waals surface area contributed by atoms with Crippen molar-refractivity contribution < 1.29 is 54.8 Å². The molecule has 0 saturated carbocycles.